The van der Waals surface area contributed by atoms with Crippen LogP contribution in [0.4, 0.5) is 5.69 Å². The van der Waals surface area contributed by atoms with Gasteiger partial charge in [0, 0.05) is 18.3 Å². The number of nitrogens with one attached hydrogen (secondary N) is 1. The second-order valence-electron chi connectivity index (χ2n) is 5.97. The molecule has 2 aromatic rings. The van der Waals surface area contributed by atoms with Crippen LogP contribution >= 0.6 is 0 Å². The molecule has 0 saturated heterocycles. The maximum atomic E-state index is 12.6. The molecule has 2 rings (SSSR count). The van der Waals surface area contributed by atoms with Gasteiger partial charge in [-0.3, -0.25) is 9.59 Å². The molecule has 0 aliphatic rings. The van der Waals surface area contributed by atoms with Crippen LogP contribution in [0.25, 0.3) is 0 Å². The van der Waals surface area contributed by atoms with Crippen LogP contribution in [-0.4, -0.2) is 30.3 Å². The number of aryl methyl sites for hydroxylation is 2. The Bertz CT molecular complexity index is 753. The highest BCUT2D eigenvalue weighted by Crippen LogP contribution is 2.16. The predicted octanol–water partition coefficient (Wildman–Crippen LogP) is 3.58. The normalized spacial score (nSPS) is 10.3. The van der Waals surface area contributed by atoms with Gasteiger partial charge >= 0.3 is 0 Å². The number of rotatable bonds is 5. The van der Waals surface area contributed by atoms with Crippen LogP contribution < -0.4 is 5.32 Å². The first-order valence-electron chi connectivity index (χ1n) is 8.13. The van der Waals surface area contributed by atoms with E-state index in [0.717, 1.165) is 28.8 Å². The van der Waals surface area contributed by atoms with E-state index in [1.807, 2.05) is 57.2 Å². The lowest BCUT2D eigenvalue weighted by molar-refractivity contribution is -0.116. The number of nitrogens with zero attached hydrogens (tertiary/aromatic N) is 1. The van der Waals surface area contributed by atoms with E-state index >= 15 is 0 Å². The highest BCUT2D eigenvalue weighted by molar-refractivity contribution is 6.00. The fourth-order valence-corrected chi connectivity index (χ4v) is 2.62. The summed E-state index contributed by atoms with van der Waals surface area (Å²) in [4.78, 5) is 26.3. The number of hydrogen-bond donors (Lipinski definition) is 1. The zero-order valence-corrected chi connectivity index (χ0v) is 14.7. The van der Waals surface area contributed by atoms with E-state index in [4.69, 9.17) is 0 Å². The van der Waals surface area contributed by atoms with Crippen molar-refractivity contribution in [3.63, 3.8) is 0 Å². The van der Waals surface area contributed by atoms with Gasteiger partial charge in [-0.1, -0.05) is 37.3 Å². The molecule has 0 aromatic heterocycles. The molecule has 2 aromatic carbocycles. The summed E-state index contributed by atoms with van der Waals surface area (Å²) in [6.45, 7) is 5.96. The molecular formula is C20H24N2O2. The van der Waals surface area contributed by atoms with Gasteiger partial charge in [0.25, 0.3) is 5.91 Å². The number of carbonyl (C=O) groups is 2. The number of anilines is 1. The molecule has 24 heavy (non-hydrogen) atoms. The van der Waals surface area contributed by atoms with Crippen LogP contribution in [0, 0.1) is 13.8 Å². The molecular weight excluding hydrogens is 300 g/mol. The molecule has 0 aliphatic heterocycles. The fraction of sp³-hybridized carbons (Fsp3) is 0.300. The number of hydrogen-bond acceptors (Lipinski definition) is 2. The Kier molecular flexibility index (Phi) is 5.74. The minimum atomic E-state index is -0.197. The summed E-state index contributed by atoms with van der Waals surface area (Å²) in [6, 6.07) is 13.3. The molecule has 0 fully saturated rings. The topological polar surface area (TPSA) is 49.4 Å². The average Bonchev–Trinajstić information content (AvgIpc) is 2.57. The Morgan fingerprint density at radius 3 is 2.46 bits per heavy atom. The highest BCUT2D eigenvalue weighted by atomic mass is 16.2. The first-order valence-corrected chi connectivity index (χ1v) is 8.13. The van der Waals surface area contributed by atoms with Gasteiger partial charge in [0.2, 0.25) is 5.91 Å². The molecule has 0 heterocycles. The number of amides is 2. The molecule has 1 N–H and O–H groups in total. The van der Waals surface area contributed by atoms with Crippen molar-refractivity contribution in [2.45, 2.75) is 27.2 Å². The third-order valence-corrected chi connectivity index (χ3v) is 4.23. The molecule has 0 aliphatic carbocycles. The van der Waals surface area contributed by atoms with Gasteiger partial charge in [-0.2, -0.15) is 0 Å². The maximum absolute atomic E-state index is 12.6. The zero-order valence-electron chi connectivity index (χ0n) is 14.7. The van der Waals surface area contributed by atoms with E-state index < -0.39 is 0 Å². The Balaban J connectivity index is 2.06. The Labute approximate surface area is 143 Å². The van der Waals surface area contributed by atoms with Gasteiger partial charge < -0.3 is 10.2 Å². The van der Waals surface area contributed by atoms with Crippen molar-refractivity contribution in [3.8, 4) is 0 Å². The predicted molar refractivity (Wildman–Crippen MR) is 97.3 cm³/mol. The molecule has 0 atom stereocenters. The summed E-state index contributed by atoms with van der Waals surface area (Å²) >= 11 is 0. The molecule has 4 nitrogen and oxygen atoms in total. The molecule has 126 valence electrons. The molecule has 0 spiro atoms. The molecule has 0 bridgehead atoms. The van der Waals surface area contributed by atoms with E-state index in [0.29, 0.717) is 5.56 Å². The van der Waals surface area contributed by atoms with Crippen LogP contribution in [-0.2, 0) is 11.2 Å². The molecule has 0 unspecified atom stereocenters. The van der Waals surface area contributed by atoms with Crippen molar-refractivity contribution in [2.75, 3.05) is 18.9 Å². The second-order valence-corrected chi connectivity index (χ2v) is 5.97. The number of carbonyl (C=O) groups excluding carboxylic acids is 2. The van der Waals surface area contributed by atoms with E-state index in [9.17, 15) is 9.59 Å². The standard InChI is InChI=1S/C20H24N2O2/c1-5-16-10-6-7-12-18(16)21-19(23)13-22(4)20(24)17-11-8-9-14(2)15(17)3/h6-12H,5,13H2,1-4H3,(H,21,23). The van der Waals surface area contributed by atoms with Crippen LogP contribution in [0.1, 0.15) is 34.0 Å². The zero-order chi connectivity index (χ0) is 17.7. The van der Waals surface area contributed by atoms with Crippen molar-refractivity contribution in [1.82, 2.24) is 4.90 Å². The largest absolute Gasteiger partial charge is 0.332 e. The SMILES string of the molecule is CCc1ccccc1NC(=O)CN(C)C(=O)c1cccc(C)c1C. The van der Waals surface area contributed by atoms with Crippen molar-refractivity contribution >= 4 is 17.5 Å². The summed E-state index contributed by atoms with van der Waals surface area (Å²) in [5.41, 5.74) is 4.54. The van der Waals surface area contributed by atoms with Crippen LogP contribution in [0.2, 0.25) is 0 Å². The van der Waals surface area contributed by atoms with E-state index in [1.54, 1.807) is 13.1 Å². The van der Waals surface area contributed by atoms with Crippen LogP contribution in [0.15, 0.2) is 42.5 Å². The summed E-state index contributed by atoms with van der Waals surface area (Å²) in [7, 11) is 1.65. The third kappa shape index (κ3) is 4.02. The Hall–Kier alpha value is -2.62. The fourth-order valence-electron chi connectivity index (χ4n) is 2.62. The highest BCUT2D eigenvalue weighted by Gasteiger charge is 2.17. The molecule has 0 saturated carbocycles. The lowest BCUT2D eigenvalue weighted by atomic mass is 10.0. The van der Waals surface area contributed by atoms with Gasteiger partial charge in [-0.05, 0) is 49.1 Å². The molecule has 2 amide bonds. The van der Waals surface area contributed by atoms with Crippen LogP contribution in [0.3, 0.4) is 0 Å². The Morgan fingerprint density at radius 1 is 1.04 bits per heavy atom. The summed E-state index contributed by atoms with van der Waals surface area (Å²) in [5.74, 6) is -0.341. The number of para-hydroxylation sites is 1. The van der Waals surface area contributed by atoms with Gasteiger partial charge in [0.1, 0.15) is 0 Å². The first kappa shape index (κ1) is 17.7. The second kappa shape index (κ2) is 7.77. The Morgan fingerprint density at radius 2 is 1.75 bits per heavy atom. The molecule has 4 heteroatoms. The maximum Gasteiger partial charge on any atom is 0.254 e. The number of benzene rings is 2. The van der Waals surface area contributed by atoms with Crippen molar-refractivity contribution < 1.29 is 9.59 Å². The summed E-state index contributed by atoms with van der Waals surface area (Å²) in [5, 5.41) is 2.89. The van der Waals surface area contributed by atoms with E-state index in [1.165, 1.54) is 4.90 Å². The van der Waals surface area contributed by atoms with E-state index in [-0.39, 0.29) is 18.4 Å². The van der Waals surface area contributed by atoms with Crippen LogP contribution in [0.5, 0.6) is 0 Å². The third-order valence-electron chi connectivity index (χ3n) is 4.23. The van der Waals surface area contributed by atoms with Gasteiger partial charge in [0.05, 0.1) is 6.54 Å². The van der Waals surface area contributed by atoms with Gasteiger partial charge in [0.15, 0.2) is 0 Å². The lowest BCUT2D eigenvalue weighted by Gasteiger charge is -2.19. The van der Waals surface area contributed by atoms with Gasteiger partial charge in [-0.15, -0.1) is 0 Å². The minimum absolute atomic E-state index is 0.0181. The van der Waals surface area contributed by atoms with Crippen molar-refractivity contribution in [2.24, 2.45) is 0 Å². The quantitative estimate of drug-likeness (QED) is 0.914. The minimum Gasteiger partial charge on any atom is -0.332 e. The van der Waals surface area contributed by atoms with Crippen molar-refractivity contribution in [1.29, 1.82) is 0 Å². The average molecular weight is 324 g/mol. The molecule has 0 radical (unpaired) electrons. The van der Waals surface area contributed by atoms with Gasteiger partial charge in [-0.25, -0.2) is 0 Å². The smallest absolute Gasteiger partial charge is 0.254 e. The summed E-state index contributed by atoms with van der Waals surface area (Å²) < 4.78 is 0. The number of likely N-dealkylation sites (N-methyl/N-ethyl adjacent to an activating group) is 1. The van der Waals surface area contributed by atoms with Crippen molar-refractivity contribution in [3.05, 3.63) is 64.7 Å². The first-order chi connectivity index (χ1) is 11.4. The lowest BCUT2D eigenvalue weighted by Crippen LogP contribution is -2.35. The monoisotopic (exact) mass is 324 g/mol. The van der Waals surface area contributed by atoms with E-state index in [2.05, 4.69) is 5.32 Å². The summed E-state index contributed by atoms with van der Waals surface area (Å²) in [6.07, 6.45) is 0.841.